The lowest BCUT2D eigenvalue weighted by molar-refractivity contribution is 0.0772. The number of aryl methyl sites for hydroxylation is 1. The minimum absolute atomic E-state index is 0.165. The molecule has 0 unspecified atom stereocenters. The van der Waals surface area contributed by atoms with Gasteiger partial charge in [0.1, 0.15) is 0 Å². The molecule has 8 heteroatoms. The molecule has 3 aromatic carbocycles. The van der Waals surface area contributed by atoms with Crippen LogP contribution in [-0.4, -0.2) is 42.7 Å². The summed E-state index contributed by atoms with van der Waals surface area (Å²) >= 11 is 0. The lowest BCUT2D eigenvalue weighted by atomic mass is 9.97. The van der Waals surface area contributed by atoms with Gasteiger partial charge in [-0.1, -0.05) is 36.4 Å². The highest BCUT2D eigenvalue weighted by Crippen LogP contribution is 2.31. The van der Waals surface area contributed by atoms with Crippen molar-refractivity contribution in [1.29, 1.82) is 0 Å². The maximum Gasteiger partial charge on any atom is 0.254 e. The second kappa shape index (κ2) is 7.96. The van der Waals surface area contributed by atoms with E-state index in [1.165, 1.54) is 11.2 Å². The van der Waals surface area contributed by atoms with Gasteiger partial charge >= 0.3 is 0 Å². The Kier molecular flexibility index (Phi) is 5.32. The molecule has 0 fully saturated rings. The Morgan fingerprint density at radius 2 is 1.81 bits per heavy atom. The van der Waals surface area contributed by atoms with E-state index in [0.717, 1.165) is 21.9 Å². The average Bonchev–Trinajstić information content (AvgIpc) is 3.16. The lowest BCUT2D eigenvalue weighted by Gasteiger charge is -2.16. The van der Waals surface area contributed by atoms with Gasteiger partial charge in [0.25, 0.3) is 5.91 Å². The highest BCUT2D eigenvalue weighted by Gasteiger charge is 2.16. The maximum absolute atomic E-state index is 12.9. The van der Waals surface area contributed by atoms with Crippen LogP contribution in [0.15, 0.2) is 70.0 Å². The zero-order chi connectivity index (χ0) is 22.2. The minimum Gasteiger partial charge on any atom is -0.424 e. The topological polar surface area (TPSA) is 93.4 Å². The zero-order valence-electron chi connectivity index (χ0n) is 17.4. The fourth-order valence-electron chi connectivity index (χ4n) is 3.46. The summed E-state index contributed by atoms with van der Waals surface area (Å²) in [6, 6.07) is 18.1. The van der Waals surface area contributed by atoms with Gasteiger partial charge in [0, 0.05) is 25.8 Å². The summed E-state index contributed by atoms with van der Waals surface area (Å²) in [6.07, 6.45) is 1.19. The molecule has 0 atom stereocenters. The quantitative estimate of drug-likeness (QED) is 0.472. The molecule has 31 heavy (non-hydrogen) atoms. The Morgan fingerprint density at radius 1 is 1.03 bits per heavy atom. The lowest BCUT2D eigenvalue weighted by Crippen LogP contribution is -2.26. The van der Waals surface area contributed by atoms with Crippen LogP contribution in [-0.2, 0) is 16.4 Å². The summed E-state index contributed by atoms with van der Waals surface area (Å²) in [5.41, 5.74) is 2.24. The zero-order valence-corrected chi connectivity index (χ0v) is 18.2. The van der Waals surface area contributed by atoms with Crippen molar-refractivity contribution >= 4 is 26.5 Å². The number of amides is 1. The number of benzene rings is 3. The molecular formula is C23H21N3O4S. The number of aromatic nitrogens is 2. The van der Waals surface area contributed by atoms with Crippen molar-refractivity contribution in [3.63, 3.8) is 0 Å². The van der Waals surface area contributed by atoms with Crippen molar-refractivity contribution in [2.45, 2.75) is 18.4 Å². The molecule has 0 saturated carbocycles. The number of fused-ring (bicyclic) bond motifs is 1. The molecule has 1 aromatic heterocycles. The first-order valence-corrected chi connectivity index (χ1v) is 11.5. The van der Waals surface area contributed by atoms with E-state index in [9.17, 15) is 13.2 Å². The number of rotatable bonds is 5. The van der Waals surface area contributed by atoms with E-state index < -0.39 is 9.84 Å². The standard InChI is InChI=1S/C23H21N3O4S/c1-15-24-25-22(30-15)14-26(2)23(27)18-10-11-21-16(12-18)7-5-9-20(21)17-6-4-8-19(13-17)31(3,28)29/h4-13H,14H2,1-3H3. The largest absolute Gasteiger partial charge is 0.424 e. The summed E-state index contributed by atoms with van der Waals surface area (Å²) in [5.74, 6) is 0.665. The van der Waals surface area contributed by atoms with Crippen LogP contribution >= 0.6 is 0 Å². The Morgan fingerprint density at radius 3 is 2.52 bits per heavy atom. The van der Waals surface area contributed by atoms with Crippen LogP contribution in [0.1, 0.15) is 22.1 Å². The molecule has 4 rings (SSSR count). The Labute approximate surface area is 180 Å². The average molecular weight is 436 g/mol. The molecule has 0 aliphatic carbocycles. The molecule has 7 nitrogen and oxygen atoms in total. The predicted molar refractivity (Wildman–Crippen MR) is 117 cm³/mol. The number of carbonyl (C=O) groups excluding carboxylic acids is 1. The molecule has 0 radical (unpaired) electrons. The van der Waals surface area contributed by atoms with Gasteiger partial charge in [-0.15, -0.1) is 10.2 Å². The minimum atomic E-state index is -3.31. The van der Waals surface area contributed by atoms with E-state index in [2.05, 4.69) is 10.2 Å². The summed E-state index contributed by atoms with van der Waals surface area (Å²) in [6.45, 7) is 1.92. The van der Waals surface area contributed by atoms with Gasteiger partial charge in [-0.05, 0) is 46.2 Å². The SMILES string of the molecule is Cc1nnc(CN(C)C(=O)c2ccc3c(-c4cccc(S(C)(=O)=O)c4)cccc3c2)o1. The van der Waals surface area contributed by atoms with Crippen LogP contribution in [0.5, 0.6) is 0 Å². The molecule has 0 spiro atoms. The van der Waals surface area contributed by atoms with Crippen molar-refractivity contribution in [2.24, 2.45) is 0 Å². The predicted octanol–water partition coefficient (Wildman–Crippen LogP) is 3.87. The highest BCUT2D eigenvalue weighted by molar-refractivity contribution is 7.90. The molecular weight excluding hydrogens is 414 g/mol. The Hall–Kier alpha value is -3.52. The Bertz CT molecular complexity index is 1390. The van der Waals surface area contributed by atoms with Crippen LogP contribution < -0.4 is 0 Å². The molecule has 158 valence electrons. The van der Waals surface area contributed by atoms with Crippen molar-refractivity contribution in [1.82, 2.24) is 15.1 Å². The van der Waals surface area contributed by atoms with Crippen molar-refractivity contribution in [3.8, 4) is 11.1 Å². The first-order chi connectivity index (χ1) is 14.7. The summed E-state index contributed by atoms with van der Waals surface area (Å²) in [4.78, 5) is 14.7. The maximum atomic E-state index is 12.9. The van der Waals surface area contributed by atoms with E-state index >= 15 is 0 Å². The monoisotopic (exact) mass is 435 g/mol. The summed E-state index contributed by atoms with van der Waals surface area (Å²) < 4.78 is 29.2. The van der Waals surface area contributed by atoms with Gasteiger partial charge in [-0.3, -0.25) is 4.79 Å². The fourth-order valence-corrected chi connectivity index (χ4v) is 4.13. The van der Waals surface area contributed by atoms with E-state index in [1.807, 2.05) is 36.4 Å². The third kappa shape index (κ3) is 4.34. The van der Waals surface area contributed by atoms with Crippen LogP contribution in [0.2, 0.25) is 0 Å². The van der Waals surface area contributed by atoms with Crippen molar-refractivity contribution < 1.29 is 17.6 Å². The van der Waals surface area contributed by atoms with E-state index in [-0.39, 0.29) is 17.3 Å². The van der Waals surface area contributed by atoms with Crippen molar-refractivity contribution in [3.05, 3.63) is 78.0 Å². The smallest absolute Gasteiger partial charge is 0.254 e. The van der Waals surface area contributed by atoms with Crippen molar-refractivity contribution in [2.75, 3.05) is 13.3 Å². The molecule has 0 N–H and O–H groups in total. The van der Waals surface area contributed by atoms with Gasteiger partial charge in [-0.2, -0.15) is 0 Å². The first-order valence-electron chi connectivity index (χ1n) is 9.60. The molecule has 1 amide bonds. The normalized spacial score (nSPS) is 11.6. The second-order valence-electron chi connectivity index (χ2n) is 7.42. The van der Waals surface area contributed by atoms with E-state index in [4.69, 9.17) is 4.42 Å². The van der Waals surface area contributed by atoms with Crippen LogP contribution in [0.4, 0.5) is 0 Å². The number of hydrogen-bond acceptors (Lipinski definition) is 6. The third-order valence-electron chi connectivity index (χ3n) is 4.99. The van der Waals surface area contributed by atoms with Gasteiger partial charge in [0.2, 0.25) is 11.8 Å². The number of nitrogens with zero attached hydrogens (tertiary/aromatic N) is 3. The van der Waals surface area contributed by atoms with Gasteiger partial charge in [0.15, 0.2) is 9.84 Å². The second-order valence-corrected chi connectivity index (χ2v) is 9.43. The summed E-state index contributed by atoms with van der Waals surface area (Å²) in [5, 5.41) is 9.52. The van der Waals surface area contributed by atoms with E-state index in [1.54, 1.807) is 38.2 Å². The molecule has 0 saturated heterocycles. The number of sulfone groups is 1. The molecule has 0 aliphatic rings. The first kappa shape index (κ1) is 20.7. The molecule has 4 aromatic rings. The fraction of sp³-hybridized carbons (Fsp3) is 0.174. The van der Waals surface area contributed by atoms with Gasteiger partial charge in [0.05, 0.1) is 11.4 Å². The molecule has 1 heterocycles. The summed E-state index contributed by atoms with van der Waals surface area (Å²) in [7, 11) is -1.63. The molecule has 0 bridgehead atoms. The molecule has 0 aliphatic heterocycles. The van der Waals surface area contributed by atoms with Gasteiger partial charge < -0.3 is 9.32 Å². The Balaban J connectivity index is 1.68. The van der Waals surface area contributed by atoms with Crippen LogP contribution in [0, 0.1) is 6.92 Å². The van der Waals surface area contributed by atoms with Crippen LogP contribution in [0.25, 0.3) is 21.9 Å². The van der Waals surface area contributed by atoms with Crippen LogP contribution in [0.3, 0.4) is 0 Å². The highest BCUT2D eigenvalue weighted by atomic mass is 32.2. The third-order valence-corrected chi connectivity index (χ3v) is 6.10. The van der Waals surface area contributed by atoms with E-state index in [0.29, 0.717) is 17.3 Å². The number of hydrogen-bond donors (Lipinski definition) is 0. The van der Waals surface area contributed by atoms with Gasteiger partial charge in [-0.25, -0.2) is 8.42 Å². The number of carbonyl (C=O) groups is 1.